The van der Waals surface area contributed by atoms with Crippen LogP contribution in [0.2, 0.25) is 0 Å². The minimum absolute atomic E-state index is 0.113. The number of quaternary nitrogens is 1. The van der Waals surface area contributed by atoms with Crippen molar-refractivity contribution in [2.45, 2.75) is 6.54 Å². The molecule has 9 nitrogen and oxygen atoms in total. The summed E-state index contributed by atoms with van der Waals surface area (Å²) in [6, 6.07) is 10.3. The zero-order chi connectivity index (χ0) is 17.8. The highest BCUT2D eigenvalue weighted by Crippen LogP contribution is 2.31. The molecule has 0 amide bonds. The monoisotopic (exact) mass is 344 g/mol. The van der Waals surface area contributed by atoms with Gasteiger partial charge in [0.2, 0.25) is 17.6 Å². The molecule has 0 saturated carbocycles. The van der Waals surface area contributed by atoms with Crippen LogP contribution in [0, 0.1) is 10.1 Å². The highest BCUT2D eigenvalue weighted by atomic mass is 16.6. The third-order valence-electron chi connectivity index (χ3n) is 4.37. The SMILES string of the molecule is CNc1nc(N)c([N+](=O)[O-])c(N2CC[NH+](Cc3ccccc3)CC2)n1. The lowest BCUT2D eigenvalue weighted by Crippen LogP contribution is -3.13. The highest BCUT2D eigenvalue weighted by molar-refractivity contribution is 5.71. The number of nitrogens with two attached hydrogens (primary N) is 1. The number of piperazine rings is 1. The van der Waals surface area contributed by atoms with Crippen molar-refractivity contribution in [2.24, 2.45) is 0 Å². The molecule has 1 fully saturated rings. The smallest absolute Gasteiger partial charge is 0.353 e. The van der Waals surface area contributed by atoms with E-state index >= 15 is 0 Å². The number of nitrogens with one attached hydrogen (secondary N) is 2. The number of aromatic nitrogens is 2. The molecule has 4 N–H and O–H groups in total. The number of benzene rings is 1. The molecule has 3 rings (SSSR count). The predicted molar refractivity (Wildman–Crippen MR) is 95.7 cm³/mol. The van der Waals surface area contributed by atoms with E-state index in [0.717, 1.165) is 19.6 Å². The number of rotatable bonds is 5. The van der Waals surface area contributed by atoms with E-state index in [1.165, 1.54) is 10.5 Å². The first-order valence-electron chi connectivity index (χ1n) is 8.20. The molecule has 1 aromatic heterocycles. The summed E-state index contributed by atoms with van der Waals surface area (Å²) < 4.78 is 0. The molecule has 132 valence electrons. The van der Waals surface area contributed by atoms with Crippen LogP contribution < -0.4 is 20.9 Å². The van der Waals surface area contributed by atoms with Crippen LogP contribution in [0.15, 0.2) is 30.3 Å². The first-order valence-corrected chi connectivity index (χ1v) is 8.20. The molecular formula is C16H22N7O2+. The summed E-state index contributed by atoms with van der Waals surface area (Å²) in [5, 5.41) is 14.2. The Hall–Kier alpha value is -2.94. The Morgan fingerprint density at radius 3 is 2.56 bits per heavy atom. The molecule has 1 aromatic carbocycles. The lowest BCUT2D eigenvalue weighted by molar-refractivity contribution is -0.914. The van der Waals surface area contributed by atoms with Gasteiger partial charge in [-0.25, -0.2) is 0 Å². The van der Waals surface area contributed by atoms with E-state index in [9.17, 15) is 10.1 Å². The summed E-state index contributed by atoms with van der Waals surface area (Å²) in [5.41, 5.74) is 6.85. The second-order valence-corrected chi connectivity index (χ2v) is 6.01. The standard InChI is InChI=1S/C16H21N7O2/c1-18-16-19-14(17)13(23(24)25)15(20-16)22-9-7-21(8-10-22)11-12-5-3-2-4-6-12/h2-6H,7-11H2,1H3,(H3,17,18,19,20)/p+1. The van der Waals surface area contributed by atoms with Crippen LogP contribution >= 0.6 is 0 Å². The van der Waals surface area contributed by atoms with Gasteiger partial charge in [-0.1, -0.05) is 30.3 Å². The van der Waals surface area contributed by atoms with Crippen molar-refractivity contribution in [3.05, 3.63) is 46.0 Å². The summed E-state index contributed by atoms with van der Waals surface area (Å²) in [7, 11) is 1.66. The maximum atomic E-state index is 11.4. The number of nitrogens with zero attached hydrogens (tertiary/aromatic N) is 4. The molecule has 2 aromatic rings. The maximum absolute atomic E-state index is 11.4. The van der Waals surface area contributed by atoms with Crippen LogP contribution in [0.3, 0.4) is 0 Å². The topological polar surface area (TPSA) is 115 Å². The van der Waals surface area contributed by atoms with Gasteiger partial charge in [-0.15, -0.1) is 0 Å². The Bertz CT molecular complexity index is 746. The van der Waals surface area contributed by atoms with Crippen molar-refractivity contribution < 1.29 is 9.82 Å². The molecular weight excluding hydrogens is 322 g/mol. The Labute approximate surface area is 145 Å². The molecule has 0 radical (unpaired) electrons. The van der Waals surface area contributed by atoms with Crippen LogP contribution in [0.1, 0.15) is 5.56 Å². The maximum Gasteiger partial charge on any atom is 0.353 e. The first kappa shape index (κ1) is 16.9. The Balaban J connectivity index is 1.74. The van der Waals surface area contributed by atoms with Crippen molar-refractivity contribution in [2.75, 3.05) is 49.2 Å². The molecule has 0 aliphatic carbocycles. The van der Waals surface area contributed by atoms with E-state index in [2.05, 4.69) is 27.4 Å². The van der Waals surface area contributed by atoms with Crippen LogP contribution in [0.5, 0.6) is 0 Å². The molecule has 0 atom stereocenters. The molecule has 1 aliphatic heterocycles. The largest absolute Gasteiger partial charge is 0.378 e. The third kappa shape index (κ3) is 3.77. The Morgan fingerprint density at radius 1 is 1.28 bits per heavy atom. The van der Waals surface area contributed by atoms with E-state index in [0.29, 0.717) is 18.9 Å². The van der Waals surface area contributed by atoms with E-state index < -0.39 is 4.92 Å². The van der Waals surface area contributed by atoms with Gasteiger partial charge in [-0.2, -0.15) is 9.97 Å². The van der Waals surface area contributed by atoms with Crippen molar-refractivity contribution in [1.82, 2.24) is 9.97 Å². The summed E-state index contributed by atoms with van der Waals surface area (Å²) in [5.74, 6) is 0.469. The van der Waals surface area contributed by atoms with E-state index in [4.69, 9.17) is 5.73 Å². The van der Waals surface area contributed by atoms with Gasteiger partial charge in [0.15, 0.2) is 0 Å². The molecule has 1 aliphatic rings. The Kier molecular flexibility index (Phi) is 4.94. The average Bonchev–Trinajstić information content (AvgIpc) is 2.62. The normalized spacial score (nSPS) is 15.2. The van der Waals surface area contributed by atoms with Gasteiger partial charge in [-0.3, -0.25) is 10.1 Å². The van der Waals surface area contributed by atoms with E-state index in [1.54, 1.807) is 7.05 Å². The van der Waals surface area contributed by atoms with Crippen molar-refractivity contribution in [3.8, 4) is 0 Å². The minimum atomic E-state index is -0.507. The molecule has 1 saturated heterocycles. The molecule has 0 bridgehead atoms. The molecule has 25 heavy (non-hydrogen) atoms. The van der Waals surface area contributed by atoms with Gasteiger partial charge in [0.1, 0.15) is 6.54 Å². The molecule has 0 spiro atoms. The minimum Gasteiger partial charge on any atom is -0.378 e. The summed E-state index contributed by atoms with van der Waals surface area (Å²) in [6.07, 6.45) is 0. The fourth-order valence-electron chi connectivity index (χ4n) is 3.06. The van der Waals surface area contributed by atoms with Gasteiger partial charge in [0, 0.05) is 12.6 Å². The lowest BCUT2D eigenvalue weighted by atomic mass is 10.2. The van der Waals surface area contributed by atoms with Crippen molar-refractivity contribution in [1.29, 1.82) is 0 Å². The molecule has 2 heterocycles. The predicted octanol–water partition coefficient (Wildman–Crippen LogP) is -0.0862. The average molecular weight is 344 g/mol. The second kappa shape index (κ2) is 7.31. The first-order chi connectivity index (χ1) is 12.1. The molecule has 9 heteroatoms. The number of hydrogen-bond donors (Lipinski definition) is 3. The second-order valence-electron chi connectivity index (χ2n) is 6.01. The van der Waals surface area contributed by atoms with Gasteiger partial charge < -0.3 is 20.9 Å². The van der Waals surface area contributed by atoms with Gasteiger partial charge in [0.05, 0.1) is 31.1 Å². The summed E-state index contributed by atoms with van der Waals surface area (Å²) in [4.78, 5) is 22.4. The third-order valence-corrected chi connectivity index (χ3v) is 4.37. The molecule has 0 unspecified atom stereocenters. The fourth-order valence-corrected chi connectivity index (χ4v) is 3.06. The Morgan fingerprint density at radius 2 is 1.96 bits per heavy atom. The summed E-state index contributed by atoms with van der Waals surface area (Å²) >= 11 is 0. The van der Waals surface area contributed by atoms with Gasteiger partial charge >= 0.3 is 5.69 Å². The van der Waals surface area contributed by atoms with Gasteiger partial charge in [0.25, 0.3) is 0 Å². The number of hydrogen-bond acceptors (Lipinski definition) is 7. The van der Waals surface area contributed by atoms with Crippen molar-refractivity contribution in [3.63, 3.8) is 0 Å². The van der Waals surface area contributed by atoms with Crippen LogP contribution in [0.4, 0.5) is 23.3 Å². The van der Waals surface area contributed by atoms with Crippen molar-refractivity contribution >= 4 is 23.3 Å². The van der Waals surface area contributed by atoms with Crippen LogP contribution in [0.25, 0.3) is 0 Å². The van der Waals surface area contributed by atoms with Crippen LogP contribution in [-0.4, -0.2) is 48.1 Å². The quantitative estimate of drug-likeness (QED) is 0.513. The zero-order valence-electron chi connectivity index (χ0n) is 14.1. The van der Waals surface area contributed by atoms with E-state index in [1.807, 2.05) is 23.1 Å². The van der Waals surface area contributed by atoms with Gasteiger partial charge in [-0.05, 0) is 0 Å². The number of anilines is 3. The van der Waals surface area contributed by atoms with Crippen LogP contribution in [-0.2, 0) is 6.54 Å². The zero-order valence-corrected chi connectivity index (χ0v) is 14.1. The highest BCUT2D eigenvalue weighted by Gasteiger charge is 2.30. The fraction of sp³-hybridized carbons (Fsp3) is 0.375. The summed E-state index contributed by atoms with van der Waals surface area (Å²) in [6.45, 7) is 4.07. The number of nitrogen functional groups attached to an aromatic ring is 1. The van der Waals surface area contributed by atoms with E-state index in [-0.39, 0.29) is 17.5 Å². The lowest BCUT2D eigenvalue weighted by Gasteiger charge is -2.32. The number of nitro groups is 1.